The summed E-state index contributed by atoms with van der Waals surface area (Å²) in [6, 6.07) is 3.35. The average Bonchev–Trinajstić information content (AvgIpc) is 2.43. The molecular formula is C16H21FO4. The van der Waals surface area contributed by atoms with E-state index in [2.05, 4.69) is 13.8 Å². The third-order valence-corrected chi connectivity index (χ3v) is 2.86. The van der Waals surface area contributed by atoms with E-state index in [1.54, 1.807) is 6.92 Å². The summed E-state index contributed by atoms with van der Waals surface area (Å²) in [7, 11) is 0. The van der Waals surface area contributed by atoms with E-state index in [-0.39, 0.29) is 24.3 Å². The summed E-state index contributed by atoms with van der Waals surface area (Å²) >= 11 is 0. The van der Waals surface area contributed by atoms with Gasteiger partial charge in [-0.3, -0.25) is 0 Å². The number of esters is 2. The summed E-state index contributed by atoms with van der Waals surface area (Å²) in [4.78, 5) is 23.7. The zero-order chi connectivity index (χ0) is 15.8. The van der Waals surface area contributed by atoms with Crippen molar-refractivity contribution < 1.29 is 23.5 Å². The van der Waals surface area contributed by atoms with Crippen molar-refractivity contribution in [2.75, 3.05) is 13.2 Å². The zero-order valence-electron chi connectivity index (χ0n) is 12.6. The maximum Gasteiger partial charge on any atom is 0.339 e. The van der Waals surface area contributed by atoms with Gasteiger partial charge in [-0.2, -0.15) is 0 Å². The first-order valence-electron chi connectivity index (χ1n) is 7.09. The maximum atomic E-state index is 13.2. The van der Waals surface area contributed by atoms with E-state index in [1.807, 2.05) is 0 Å². The van der Waals surface area contributed by atoms with Gasteiger partial charge in [0, 0.05) is 0 Å². The van der Waals surface area contributed by atoms with Crippen LogP contribution in [-0.4, -0.2) is 25.2 Å². The number of benzene rings is 1. The summed E-state index contributed by atoms with van der Waals surface area (Å²) in [5.41, 5.74) is -0.0786. The van der Waals surface area contributed by atoms with Crippen molar-refractivity contribution in [2.45, 2.75) is 33.6 Å². The minimum absolute atomic E-state index is 0.0272. The maximum absolute atomic E-state index is 13.2. The molecule has 0 saturated heterocycles. The largest absolute Gasteiger partial charge is 0.462 e. The first-order valence-corrected chi connectivity index (χ1v) is 7.09. The van der Waals surface area contributed by atoms with Crippen LogP contribution >= 0.6 is 0 Å². The summed E-state index contributed by atoms with van der Waals surface area (Å²) in [5, 5.41) is 0. The second kappa shape index (κ2) is 8.39. The average molecular weight is 296 g/mol. The summed E-state index contributed by atoms with van der Waals surface area (Å²) in [6.45, 7) is 6.23. The Kier molecular flexibility index (Phi) is 6.85. The molecule has 0 aliphatic heterocycles. The van der Waals surface area contributed by atoms with E-state index in [4.69, 9.17) is 9.47 Å². The van der Waals surface area contributed by atoms with Crippen LogP contribution in [0.4, 0.5) is 4.39 Å². The Morgan fingerprint density at radius 1 is 1.14 bits per heavy atom. The molecule has 0 aromatic heterocycles. The Bertz CT molecular complexity index is 497. The number of carbonyl (C=O) groups excluding carboxylic acids is 2. The fourth-order valence-corrected chi connectivity index (χ4v) is 1.81. The minimum Gasteiger partial charge on any atom is -0.462 e. The van der Waals surface area contributed by atoms with Crippen LogP contribution in [0.2, 0.25) is 0 Å². The third-order valence-electron chi connectivity index (χ3n) is 2.86. The number of hydrogen-bond donors (Lipinski definition) is 0. The first-order chi connectivity index (χ1) is 9.95. The molecule has 1 aromatic carbocycles. The highest BCUT2D eigenvalue weighted by atomic mass is 19.1. The van der Waals surface area contributed by atoms with Crippen molar-refractivity contribution in [3.8, 4) is 0 Å². The molecule has 0 amide bonds. The van der Waals surface area contributed by atoms with Crippen molar-refractivity contribution in [2.24, 2.45) is 5.92 Å². The van der Waals surface area contributed by atoms with E-state index in [9.17, 15) is 14.0 Å². The van der Waals surface area contributed by atoms with Gasteiger partial charge in [-0.25, -0.2) is 14.0 Å². The van der Waals surface area contributed by atoms with Gasteiger partial charge in [0.25, 0.3) is 0 Å². The second-order valence-electron chi connectivity index (χ2n) is 5.08. The molecule has 116 valence electrons. The van der Waals surface area contributed by atoms with Crippen LogP contribution in [-0.2, 0) is 9.47 Å². The molecule has 0 radical (unpaired) electrons. The lowest BCUT2D eigenvalue weighted by Gasteiger charge is -2.10. The van der Waals surface area contributed by atoms with E-state index in [0.717, 1.165) is 25.0 Å². The summed E-state index contributed by atoms with van der Waals surface area (Å²) < 4.78 is 23.2. The van der Waals surface area contributed by atoms with Crippen LogP contribution in [0.5, 0.6) is 0 Å². The number of rotatable bonds is 7. The van der Waals surface area contributed by atoms with Crippen molar-refractivity contribution in [3.05, 3.63) is 35.1 Å². The smallest absolute Gasteiger partial charge is 0.339 e. The van der Waals surface area contributed by atoms with Crippen molar-refractivity contribution in [1.82, 2.24) is 0 Å². The Balaban J connectivity index is 2.76. The van der Waals surface area contributed by atoms with Crippen LogP contribution in [0.3, 0.4) is 0 Å². The molecule has 0 heterocycles. The lowest BCUT2D eigenvalue weighted by Crippen LogP contribution is -2.15. The first kappa shape index (κ1) is 17.1. The van der Waals surface area contributed by atoms with Crippen molar-refractivity contribution in [3.63, 3.8) is 0 Å². The molecule has 4 nitrogen and oxygen atoms in total. The van der Waals surface area contributed by atoms with E-state index in [0.29, 0.717) is 5.92 Å². The van der Waals surface area contributed by atoms with E-state index >= 15 is 0 Å². The predicted molar refractivity (Wildman–Crippen MR) is 76.7 cm³/mol. The van der Waals surface area contributed by atoms with E-state index in [1.165, 1.54) is 6.07 Å². The molecular weight excluding hydrogens is 275 g/mol. The Morgan fingerprint density at radius 2 is 1.81 bits per heavy atom. The molecule has 0 spiro atoms. The number of halogens is 1. The molecule has 0 saturated carbocycles. The van der Waals surface area contributed by atoms with Gasteiger partial charge >= 0.3 is 11.9 Å². The van der Waals surface area contributed by atoms with Crippen molar-refractivity contribution in [1.29, 1.82) is 0 Å². The number of ether oxygens (including phenoxy) is 2. The molecule has 0 atom stereocenters. The van der Waals surface area contributed by atoms with Gasteiger partial charge in [0.15, 0.2) is 0 Å². The molecule has 0 bridgehead atoms. The number of hydrogen-bond acceptors (Lipinski definition) is 4. The monoisotopic (exact) mass is 296 g/mol. The summed E-state index contributed by atoms with van der Waals surface area (Å²) in [5.74, 6) is -1.44. The highest BCUT2D eigenvalue weighted by Crippen LogP contribution is 2.15. The van der Waals surface area contributed by atoms with E-state index < -0.39 is 17.8 Å². The van der Waals surface area contributed by atoms with Gasteiger partial charge < -0.3 is 9.47 Å². The molecule has 1 rings (SSSR count). The van der Waals surface area contributed by atoms with Gasteiger partial charge in [-0.1, -0.05) is 13.8 Å². The number of carbonyl (C=O) groups is 2. The SMILES string of the molecule is CCOC(=O)c1cc(F)ccc1C(=O)OCCCC(C)C. The normalized spacial score (nSPS) is 10.5. The van der Waals surface area contributed by atoms with Crippen LogP contribution in [0.15, 0.2) is 18.2 Å². The molecule has 5 heteroatoms. The van der Waals surface area contributed by atoms with Crippen LogP contribution < -0.4 is 0 Å². The fourth-order valence-electron chi connectivity index (χ4n) is 1.81. The Morgan fingerprint density at radius 3 is 2.43 bits per heavy atom. The van der Waals surface area contributed by atoms with Crippen LogP contribution in [0.1, 0.15) is 54.3 Å². The van der Waals surface area contributed by atoms with Gasteiger partial charge in [-0.15, -0.1) is 0 Å². The molecule has 0 aliphatic carbocycles. The highest BCUT2D eigenvalue weighted by molar-refractivity contribution is 6.03. The second-order valence-corrected chi connectivity index (χ2v) is 5.08. The van der Waals surface area contributed by atoms with Crippen LogP contribution in [0, 0.1) is 11.7 Å². The summed E-state index contributed by atoms with van der Waals surface area (Å²) in [6.07, 6.45) is 1.70. The third kappa shape index (κ3) is 5.53. The molecule has 1 aromatic rings. The molecule has 0 unspecified atom stereocenters. The van der Waals surface area contributed by atoms with Gasteiger partial charge in [0.05, 0.1) is 24.3 Å². The van der Waals surface area contributed by atoms with Gasteiger partial charge in [0.2, 0.25) is 0 Å². The van der Waals surface area contributed by atoms with Gasteiger partial charge in [0.1, 0.15) is 5.82 Å². The Hall–Kier alpha value is -1.91. The van der Waals surface area contributed by atoms with Crippen LogP contribution in [0.25, 0.3) is 0 Å². The lowest BCUT2D eigenvalue weighted by molar-refractivity contribution is 0.0460. The highest BCUT2D eigenvalue weighted by Gasteiger charge is 2.20. The quantitative estimate of drug-likeness (QED) is 0.570. The lowest BCUT2D eigenvalue weighted by atomic mass is 10.1. The Labute approximate surface area is 124 Å². The predicted octanol–water partition coefficient (Wildman–Crippen LogP) is 3.60. The molecule has 0 N–H and O–H groups in total. The zero-order valence-corrected chi connectivity index (χ0v) is 12.6. The van der Waals surface area contributed by atoms with Gasteiger partial charge in [-0.05, 0) is 43.9 Å². The minimum atomic E-state index is -0.730. The molecule has 21 heavy (non-hydrogen) atoms. The molecule has 0 fully saturated rings. The standard InChI is InChI=1S/C16H21FO4/c1-4-20-16(19)14-10-12(17)7-8-13(14)15(18)21-9-5-6-11(2)3/h7-8,10-11H,4-6,9H2,1-3H3. The fraction of sp³-hybridized carbons (Fsp3) is 0.500. The molecule has 0 aliphatic rings. The topological polar surface area (TPSA) is 52.6 Å². The van der Waals surface area contributed by atoms with Crippen molar-refractivity contribution >= 4 is 11.9 Å².